The quantitative estimate of drug-likeness (QED) is 0.703. The van der Waals surface area contributed by atoms with E-state index in [1.807, 2.05) is 0 Å². The van der Waals surface area contributed by atoms with Gasteiger partial charge in [0.25, 0.3) is 5.91 Å². The highest BCUT2D eigenvalue weighted by Crippen LogP contribution is 2.14. The fourth-order valence-corrected chi connectivity index (χ4v) is 1.80. The van der Waals surface area contributed by atoms with E-state index in [1.165, 1.54) is 6.92 Å². The summed E-state index contributed by atoms with van der Waals surface area (Å²) in [5.74, 6) is -0.110. The molecule has 0 fully saturated rings. The lowest BCUT2D eigenvalue weighted by Gasteiger charge is -2.13. The highest BCUT2D eigenvalue weighted by molar-refractivity contribution is 5.98. The van der Waals surface area contributed by atoms with Crippen molar-refractivity contribution in [2.75, 3.05) is 13.2 Å². The van der Waals surface area contributed by atoms with E-state index < -0.39 is 24.0 Å². The molecule has 0 heterocycles. The fraction of sp³-hybridized carbons (Fsp3) is 0.500. The van der Waals surface area contributed by atoms with Crippen LogP contribution in [0.2, 0.25) is 0 Å². The van der Waals surface area contributed by atoms with Gasteiger partial charge >= 0.3 is 12.0 Å². The molecule has 0 bridgehead atoms. The van der Waals surface area contributed by atoms with Gasteiger partial charge in [0.15, 0.2) is 6.10 Å². The van der Waals surface area contributed by atoms with Crippen molar-refractivity contribution in [3.8, 4) is 5.75 Å². The molecule has 0 saturated heterocycles. The third kappa shape index (κ3) is 7.69. The second-order valence-electron chi connectivity index (χ2n) is 5.95. The molecule has 0 aliphatic rings. The van der Waals surface area contributed by atoms with Crippen LogP contribution in [0, 0.1) is 5.92 Å². The molecule has 0 aliphatic carbocycles. The minimum Gasteiger partial charge on any atom is -0.494 e. The monoisotopic (exact) mass is 350 g/mol. The molecule has 7 nitrogen and oxygen atoms in total. The summed E-state index contributed by atoms with van der Waals surface area (Å²) in [5.41, 5.74) is 0.300. The summed E-state index contributed by atoms with van der Waals surface area (Å²) in [7, 11) is 0. The normalized spacial score (nSPS) is 11.6. The molecule has 1 aromatic rings. The summed E-state index contributed by atoms with van der Waals surface area (Å²) in [6.45, 7) is 8.36. The summed E-state index contributed by atoms with van der Waals surface area (Å²) >= 11 is 0. The van der Waals surface area contributed by atoms with Crippen LogP contribution in [0.1, 0.15) is 44.5 Å². The summed E-state index contributed by atoms with van der Waals surface area (Å²) in [6.07, 6.45) is -0.140. The predicted molar refractivity (Wildman–Crippen MR) is 93.5 cm³/mol. The highest BCUT2D eigenvalue weighted by atomic mass is 16.5. The average Bonchev–Trinajstić information content (AvgIpc) is 2.55. The van der Waals surface area contributed by atoms with E-state index in [0.29, 0.717) is 30.4 Å². The molecule has 3 amide bonds. The first kappa shape index (κ1) is 20.5. The number of rotatable bonds is 8. The largest absolute Gasteiger partial charge is 0.494 e. The molecule has 7 heteroatoms. The second-order valence-corrected chi connectivity index (χ2v) is 5.95. The van der Waals surface area contributed by atoms with E-state index in [-0.39, 0.29) is 0 Å². The molecular formula is C18H26N2O5. The van der Waals surface area contributed by atoms with Gasteiger partial charge in [0, 0.05) is 6.54 Å². The van der Waals surface area contributed by atoms with Gasteiger partial charge < -0.3 is 14.8 Å². The van der Waals surface area contributed by atoms with Crippen LogP contribution in [0.4, 0.5) is 4.79 Å². The molecule has 0 saturated carbocycles. The number of nitrogens with one attached hydrogen (secondary N) is 2. The molecule has 0 aliphatic heterocycles. The third-order valence-corrected chi connectivity index (χ3v) is 3.28. The molecule has 25 heavy (non-hydrogen) atoms. The molecule has 1 atom stereocenters. The Bertz CT molecular complexity index is 584. The standard InChI is InChI=1S/C18H26N2O5/c1-5-19-18(23)20-16(21)13(4)25-17(22)14-6-8-15(9-7-14)24-11-10-12(2)3/h6-9,12-13H,5,10-11H2,1-4H3,(H2,19,20,21,23)/t13-/m0/s1. The molecular weight excluding hydrogens is 324 g/mol. The van der Waals surface area contributed by atoms with Crippen molar-refractivity contribution in [3.63, 3.8) is 0 Å². The van der Waals surface area contributed by atoms with Gasteiger partial charge in [0.05, 0.1) is 12.2 Å². The maximum Gasteiger partial charge on any atom is 0.338 e. The highest BCUT2D eigenvalue weighted by Gasteiger charge is 2.20. The lowest BCUT2D eigenvalue weighted by atomic mass is 10.1. The van der Waals surface area contributed by atoms with Gasteiger partial charge in [-0.05, 0) is 50.5 Å². The molecule has 0 radical (unpaired) electrons. The number of urea groups is 1. The molecule has 138 valence electrons. The van der Waals surface area contributed by atoms with Crippen molar-refractivity contribution in [1.82, 2.24) is 10.6 Å². The number of carbonyl (C=O) groups excluding carboxylic acids is 3. The van der Waals surface area contributed by atoms with Gasteiger partial charge in [-0.2, -0.15) is 0 Å². The van der Waals surface area contributed by atoms with Gasteiger partial charge in [0.1, 0.15) is 5.75 Å². The molecule has 2 N–H and O–H groups in total. The zero-order chi connectivity index (χ0) is 18.8. The predicted octanol–water partition coefficient (Wildman–Crippen LogP) is 2.50. The van der Waals surface area contributed by atoms with E-state index in [1.54, 1.807) is 31.2 Å². The Hall–Kier alpha value is -2.57. The van der Waals surface area contributed by atoms with E-state index in [9.17, 15) is 14.4 Å². The van der Waals surface area contributed by atoms with Crippen molar-refractivity contribution in [2.45, 2.75) is 40.2 Å². The first-order valence-electron chi connectivity index (χ1n) is 8.36. The van der Waals surface area contributed by atoms with Gasteiger partial charge in [-0.15, -0.1) is 0 Å². The van der Waals surface area contributed by atoms with Crippen molar-refractivity contribution >= 4 is 17.9 Å². The van der Waals surface area contributed by atoms with Crippen LogP contribution in [0.5, 0.6) is 5.75 Å². The van der Waals surface area contributed by atoms with Crippen LogP contribution in [0.3, 0.4) is 0 Å². The van der Waals surface area contributed by atoms with Gasteiger partial charge in [0.2, 0.25) is 0 Å². The Kier molecular flexibility index (Phi) is 8.46. The Balaban J connectivity index is 2.50. The number of carbonyl (C=O) groups is 3. The molecule has 1 aromatic carbocycles. The second kappa shape index (κ2) is 10.3. The van der Waals surface area contributed by atoms with Crippen LogP contribution < -0.4 is 15.4 Å². The summed E-state index contributed by atoms with van der Waals surface area (Å²) < 4.78 is 10.6. The van der Waals surface area contributed by atoms with E-state index in [4.69, 9.17) is 9.47 Å². The SMILES string of the molecule is CCNC(=O)NC(=O)[C@H](C)OC(=O)c1ccc(OCCC(C)C)cc1. The summed E-state index contributed by atoms with van der Waals surface area (Å²) in [4.78, 5) is 35.1. The van der Waals surface area contributed by atoms with Crippen LogP contribution in [-0.4, -0.2) is 37.2 Å². The number of benzene rings is 1. The Labute approximate surface area is 148 Å². The zero-order valence-electron chi connectivity index (χ0n) is 15.1. The number of hydrogen-bond donors (Lipinski definition) is 2. The first-order chi connectivity index (χ1) is 11.8. The smallest absolute Gasteiger partial charge is 0.338 e. The number of ether oxygens (including phenoxy) is 2. The lowest BCUT2D eigenvalue weighted by molar-refractivity contribution is -0.127. The lowest BCUT2D eigenvalue weighted by Crippen LogP contribution is -2.44. The van der Waals surface area contributed by atoms with Gasteiger partial charge in [-0.25, -0.2) is 9.59 Å². The van der Waals surface area contributed by atoms with Crippen molar-refractivity contribution in [2.24, 2.45) is 5.92 Å². The first-order valence-corrected chi connectivity index (χ1v) is 8.36. The minimum atomic E-state index is -1.09. The van der Waals surface area contributed by atoms with Gasteiger partial charge in [-0.1, -0.05) is 13.8 Å². The van der Waals surface area contributed by atoms with Crippen molar-refractivity contribution in [1.29, 1.82) is 0 Å². The molecule has 1 rings (SSSR count). The minimum absolute atomic E-state index is 0.300. The molecule has 0 spiro atoms. The molecule has 0 unspecified atom stereocenters. The summed E-state index contributed by atoms with van der Waals surface area (Å²) in [6, 6.07) is 5.87. The van der Waals surface area contributed by atoms with E-state index >= 15 is 0 Å². The van der Waals surface area contributed by atoms with Crippen LogP contribution in [0.15, 0.2) is 24.3 Å². The Morgan fingerprint density at radius 2 is 1.72 bits per heavy atom. The summed E-state index contributed by atoms with van der Waals surface area (Å²) in [5, 5.41) is 4.51. The third-order valence-electron chi connectivity index (χ3n) is 3.28. The Morgan fingerprint density at radius 1 is 1.08 bits per heavy atom. The Morgan fingerprint density at radius 3 is 2.28 bits per heavy atom. The maximum absolute atomic E-state index is 12.0. The van der Waals surface area contributed by atoms with E-state index in [0.717, 1.165) is 6.42 Å². The van der Waals surface area contributed by atoms with Crippen molar-refractivity contribution in [3.05, 3.63) is 29.8 Å². The van der Waals surface area contributed by atoms with Gasteiger partial charge in [-0.3, -0.25) is 10.1 Å². The van der Waals surface area contributed by atoms with Crippen LogP contribution >= 0.6 is 0 Å². The number of hydrogen-bond acceptors (Lipinski definition) is 5. The van der Waals surface area contributed by atoms with Crippen LogP contribution in [-0.2, 0) is 9.53 Å². The topological polar surface area (TPSA) is 93.7 Å². The zero-order valence-corrected chi connectivity index (χ0v) is 15.1. The number of esters is 1. The van der Waals surface area contributed by atoms with Crippen molar-refractivity contribution < 1.29 is 23.9 Å². The van der Waals surface area contributed by atoms with E-state index in [2.05, 4.69) is 24.5 Å². The average molecular weight is 350 g/mol. The fourth-order valence-electron chi connectivity index (χ4n) is 1.80. The van der Waals surface area contributed by atoms with Crippen LogP contribution in [0.25, 0.3) is 0 Å². The number of amides is 3. The number of imide groups is 1. The molecule has 0 aromatic heterocycles. The maximum atomic E-state index is 12.0.